The molecule has 28 heavy (non-hydrogen) atoms. The summed E-state index contributed by atoms with van der Waals surface area (Å²) in [4.78, 5) is 40.8. The topological polar surface area (TPSA) is 110 Å². The summed E-state index contributed by atoms with van der Waals surface area (Å²) < 4.78 is 1.28. The predicted octanol–water partition coefficient (Wildman–Crippen LogP) is 2.47. The van der Waals surface area contributed by atoms with E-state index < -0.39 is 5.91 Å². The van der Waals surface area contributed by atoms with Gasteiger partial charge in [-0.05, 0) is 44.2 Å². The summed E-state index contributed by atoms with van der Waals surface area (Å²) in [7, 11) is 0. The lowest BCUT2D eigenvalue weighted by Crippen LogP contribution is -2.26. The Morgan fingerprint density at radius 1 is 1.11 bits per heavy atom. The zero-order chi connectivity index (χ0) is 19.8. The van der Waals surface area contributed by atoms with E-state index in [0.717, 1.165) is 0 Å². The number of anilines is 1. The summed E-state index contributed by atoms with van der Waals surface area (Å²) in [5.74, 6) is -0.558. The van der Waals surface area contributed by atoms with Crippen LogP contribution in [0.25, 0.3) is 21.8 Å². The number of carbonyl (C=O) groups excluding carboxylic acids is 1. The smallest absolute Gasteiger partial charge is 0.277 e. The Morgan fingerprint density at radius 2 is 1.89 bits per heavy atom. The van der Waals surface area contributed by atoms with Crippen molar-refractivity contribution in [1.29, 1.82) is 0 Å². The highest BCUT2D eigenvalue weighted by atomic mass is 16.2. The lowest BCUT2D eigenvalue weighted by molar-refractivity contribution is 0.102. The van der Waals surface area contributed by atoms with E-state index in [-0.39, 0.29) is 22.6 Å². The lowest BCUT2D eigenvalue weighted by atomic mass is 10.1. The molecule has 8 nitrogen and oxygen atoms in total. The van der Waals surface area contributed by atoms with E-state index in [1.54, 1.807) is 42.5 Å². The summed E-state index contributed by atoms with van der Waals surface area (Å²) in [6.45, 7) is 3.67. The van der Waals surface area contributed by atoms with E-state index in [9.17, 15) is 14.4 Å². The molecule has 0 saturated heterocycles. The third-order valence-electron chi connectivity index (χ3n) is 4.46. The molecule has 0 aliphatic heterocycles. The molecule has 2 aromatic carbocycles. The number of hydrogen-bond donors (Lipinski definition) is 2. The fourth-order valence-corrected chi connectivity index (χ4v) is 3.01. The van der Waals surface area contributed by atoms with Crippen molar-refractivity contribution in [2.75, 3.05) is 5.32 Å². The number of para-hydroxylation sites is 1. The first-order valence-corrected chi connectivity index (χ1v) is 8.77. The minimum Gasteiger partial charge on any atom is -0.360 e. The summed E-state index contributed by atoms with van der Waals surface area (Å²) in [6, 6.07) is 11.6. The van der Waals surface area contributed by atoms with E-state index in [0.29, 0.717) is 27.5 Å². The number of fused-ring (bicyclic) bond motifs is 2. The van der Waals surface area contributed by atoms with Gasteiger partial charge in [0.1, 0.15) is 11.1 Å². The molecule has 0 atom stereocenters. The van der Waals surface area contributed by atoms with Crippen molar-refractivity contribution in [3.63, 3.8) is 0 Å². The lowest BCUT2D eigenvalue weighted by Gasteiger charge is -2.09. The molecule has 2 aromatic heterocycles. The molecule has 2 N–H and O–H groups in total. The Morgan fingerprint density at radius 3 is 2.68 bits per heavy atom. The van der Waals surface area contributed by atoms with Gasteiger partial charge in [0.25, 0.3) is 11.5 Å². The van der Waals surface area contributed by atoms with Crippen LogP contribution in [0.15, 0.2) is 58.3 Å². The molecule has 0 spiro atoms. The number of benzene rings is 2. The van der Waals surface area contributed by atoms with E-state index >= 15 is 0 Å². The molecule has 0 saturated carbocycles. The van der Waals surface area contributed by atoms with Crippen molar-refractivity contribution in [3.05, 3.63) is 74.8 Å². The van der Waals surface area contributed by atoms with Crippen LogP contribution in [0.5, 0.6) is 0 Å². The van der Waals surface area contributed by atoms with Crippen LogP contribution in [0.2, 0.25) is 0 Å². The number of carbonyl (C=O) groups is 1. The maximum atomic E-state index is 12.6. The van der Waals surface area contributed by atoms with Crippen LogP contribution in [-0.4, -0.2) is 25.9 Å². The summed E-state index contributed by atoms with van der Waals surface area (Å²) in [5.41, 5.74) is 0.822. The molecule has 0 unspecified atom stereocenters. The number of H-pyrrole nitrogens is 1. The third kappa shape index (κ3) is 2.94. The molecule has 140 valence electrons. The Labute approximate surface area is 158 Å². The van der Waals surface area contributed by atoms with E-state index in [1.807, 2.05) is 13.8 Å². The highest BCUT2D eigenvalue weighted by Gasteiger charge is 2.14. The fraction of sp³-hybridized carbons (Fsp3) is 0.150. The first-order valence-electron chi connectivity index (χ1n) is 8.77. The van der Waals surface area contributed by atoms with Crippen LogP contribution in [0.4, 0.5) is 5.69 Å². The van der Waals surface area contributed by atoms with Gasteiger partial charge in [0.2, 0.25) is 5.43 Å². The van der Waals surface area contributed by atoms with Crippen LogP contribution < -0.4 is 16.3 Å². The van der Waals surface area contributed by atoms with E-state index in [2.05, 4.69) is 20.6 Å². The Hall–Kier alpha value is -3.81. The van der Waals surface area contributed by atoms with Crippen LogP contribution in [0.1, 0.15) is 30.2 Å². The van der Waals surface area contributed by atoms with Crippen molar-refractivity contribution in [1.82, 2.24) is 20.0 Å². The van der Waals surface area contributed by atoms with Gasteiger partial charge in [-0.3, -0.25) is 14.4 Å². The van der Waals surface area contributed by atoms with Crippen LogP contribution in [-0.2, 0) is 0 Å². The minimum absolute atomic E-state index is 0.00811. The molecule has 2 heterocycles. The molecule has 0 aliphatic rings. The molecule has 0 bridgehead atoms. The average Bonchev–Trinajstić information content (AvgIpc) is 2.69. The normalized spacial score (nSPS) is 11.2. The minimum atomic E-state index is -0.558. The number of rotatable bonds is 3. The molecule has 8 heteroatoms. The SMILES string of the molecule is CC(C)n1nnc2ccc(NC(=O)c3c[nH]c4ccccc4c3=O)cc2c1=O. The molecular formula is C20H17N5O3. The van der Waals surface area contributed by atoms with Crippen molar-refractivity contribution < 1.29 is 4.79 Å². The molecule has 4 aromatic rings. The zero-order valence-electron chi connectivity index (χ0n) is 15.3. The second kappa shape index (κ2) is 6.73. The maximum Gasteiger partial charge on any atom is 0.277 e. The van der Waals surface area contributed by atoms with Gasteiger partial charge in [0, 0.05) is 22.8 Å². The van der Waals surface area contributed by atoms with Gasteiger partial charge in [-0.1, -0.05) is 17.3 Å². The van der Waals surface area contributed by atoms with E-state index in [4.69, 9.17) is 0 Å². The van der Waals surface area contributed by atoms with Crippen LogP contribution in [0.3, 0.4) is 0 Å². The fourth-order valence-electron chi connectivity index (χ4n) is 3.01. The number of pyridine rings is 1. The monoisotopic (exact) mass is 375 g/mol. The number of aromatic amines is 1. The largest absolute Gasteiger partial charge is 0.360 e. The second-order valence-corrected chi connectivity index (χ2v) is 6.70. The average molecular weight is 375 g/mol. The first kappa shape index (κ1) is 17.6. The van der Waals surface area contributed by atoms with Gasteiger partial charge in [-0.2, -0.15) is 0 Å². The number of nitrogens with one attached hydrogen (secondary N) is 2. The second-order valence-electron chi connectivity index (χ2n) is 6.70. The van der Waals surface area contributed by atoms with Crippen LogP contribution in [0, 0.1) is 0 Å². The van der Waals surface area contributed by atoms with Crippen molar-refractivity contribution in [2.24, 2.45) is 0 Å². The number of amides is 1. The predicted molar refractivity (Wildman–Crippen MR) is 107 cm³/mol. The van der Waals surface area contributed by atoms with Crippen LogP contribution >= 0.6 is 0 Å². The van der Waals surface area contributed by atoms with Crippen molar-refractivity contribution in [3.8, 4) is 0 Å². The van der Waals surface area contributed by atoms with Gasteiger partial charge >= 0.3 is 0 Å². The Bertz CT molecular complexity index is 1340. The molecule has 0 aliphatic carbocycles. The van der Waals surface area contributed by atoms with Crippen molar-refractivity contribution >= 4 is 33.4 Å². The Kier molecular flexibility index (Phi) is 4.23. The van der Waals surface area contributed by atoms with Gasteiger partial charge < -0.3 is 10.3 Å². The van der Waals surface area contributed by atoms with E-state index in [1.165, 1.54) is 10.9 Å². The highest BCUT2D eigenvalue weighted by molar-refractivity contribution is 6.06. The van der Waals surface area contributed by atoms with Gasteiger partial charge in [-0.25, -0.2) is 4.68 Å². The molecule has 0 radical (unpaired) electrons. The molecular weight excluding hydrogens is 358 g/mol. The first-order chi connectivity index (χ1) is 13.5. The van der Waals surface area contributed by atoms with Gasteiger partial charge in [-0.15, -0.1) is 5.10 Å². The summed E-state index contributed by atoms with van der Waals surface area (Å²) >= 11 is 0. The summed E-state index contributed by atoms with van der Waals surface area (Å²) in [5, 5.41) is 11.4. The summed E-state index contributed by atoms with van der Waals surface area (Å²) in [6.07, 6.45) is 1.39. The number of nitrogens with zero attached hydrogens (tertiary/aromatic N) is 3. The van der Waals surface area contributed by atoms with Crippen molar-refractivity contribution in [2.45, 2.75) is 19.9 Å². The van der Waals surface area contributed by atoms with Gasteiger partial charge in [0.05, 0.1) is 11.4 Å². The third-order valence-corrected chi connectivity index (χ3v) is 4.46. The molecule has 0 fully saturated rings. The standard InChI is InChI=1S/C20H17N5O3/c1-11(2)25-20(28)14-9-12(7-8-17(14)23-24-25)22-19(27)15-10-21-16-6-4-3-5-13(16)18(15)26/h3-11H,1-2H3,(H,21,26)(H,22,27). The molecule has 4 rings (SSSR count). The Balaban J connectivity index is 1.73. The number of aromatic nitrogens is 4. The quantitative estimate of drug-likeness (QED) is 0.572. The number of hydrogen-bond acceptors (Lipinski definition) is 5. The van der Waals surface area contributed by atoms with Gasteiger partial charge in [0.15, 0.2) is 0 Å². The maximum absolute atomic E-state index is 12.6. The zero-order valence-corrected chi connectivity index (χ0v) is 15.3. The molecule has 1 amide bonds. The highest BCUT2D eigenvalue weighted by Crippen LogP contribution is 2.16.